The van der Waals surface area contributed by atoms with Crippen molar-refractivity contribution in [3.05, 3.63) is 51.9 Å². The molecule has 0 amide bonds. The SMILES string of the molecule is Cc1c(N)cccc1CSc1nccc(=O)[nH]1. The van der Waals surface area contributed by atoms with Gasteiger partial charge in [-0.1, -0.05) is 23.9 Å². The number of thioether (sulfide) groups is 1. The zero-order valence-electron chi connectivity index (χ0n) is 9.43. The fraction of sp³-hybridized carbons (Fsp3) is 0.167. The second-order valence-corrected chi connectivity index (χ2v) is 4.62. The Labute approximate surface area is 103 Å². The Kier molecular flexibility index (Phi) is 3.49. The van der Waals surface area contributed by atoms with Gasteiger partial charge < -0.3 is 10.7 Å². The Hall–Kier alpha value is -1.75. The first-order chi connectivity index (χ1) is 8.16. The van der Waals surface area contributed by atoms with E-state index in [9.17, 15) is 4.79 Å². The van der Waals surface area contributed by atoms with Crippen LogP contribution in [0, 0.1) is 6.92 Å². The maximum absolute atomic E-state index is 11.1. The molecule has 0 radical (unpaired) electrons. The van der Waals surface area contributed by atoms with Crippen LogP contribution in [-0.2, 0) is 5.75 Å². The maximum atomic E-state index is 11.1. The summed E-state index contributed by atoms with van der Waals surface area (Å²) < 4.78 is 0. The van der Waals surface area contributed by atoms with Crippen molar-refractivity contribution < 1.29 is 0 Å². The fourth-order valence-electron chi connectivity index (χ4n) is 1.43. The third-order valence-corrected chi connectivity index (χ3v) is 3.44. The van der Waals surface area contributed by atoms with Crippen LogP contribution in [0.3, 0.4) is 0 Å². The van der Waals surface area contributed by atoms with E-state index in [1.807, 2.05) is 25.1 Å². The quantitative estimate of drug-likeness (QED) is 0.494. The standard InChI is InChI=1S/C12H13N3OS/c1-8-9(3-2-4-10(8)13)7-17-12-14-6-5-11(16)15-12/h2-6H,7,13H2,1H3,(H,14,15,16). The number of nitrogen functional groups attached to an aromatic ring is 1. The highest BCUT2D eigenvalue weighted by molar-refractivity contribution is 7.98. The van der Waals surface area contributed by atoms with Gasteiger partial charge in [-0.15, -0.1) is 0 Å². The molecule has 3 N–H and O–H groups in total. The molecule has 0 aliphatic heterocycles. The van der Waals surface area contributed by atoms with Crippen molar-refractivity contribution in [2.24, 2.45) is 0 Å². The predicted molar refractivity (Wildman–Crippen MR) is 70.0 cm³/mol. The maximum Gasteiger partial charge on any atom is 0.251 e. The second kappa shape index (κ2) is 5.05. The number of nitrogens with one attached hydrogen (secondary N) is 1. The van der Waals surface area contributed by atoms with Gasteiger partial charge in [-0.05, 0) is 24.1 Å². The first-order valence-electron chi connectivity index (χ1n) is 5.19. The Morgan fingerprint density at radius 2 is 2.24 bits per heavy atom. The molecule has 1 heterocycles. The molecule has 0 saturated carbocycles. The van der Waals surface area contributed by atoms with Crippen molar-refractivity contribution in [1.29, 1.82) is 0 Å². The third kappa shape index (κ3) is 2.88. The highest BCUT2D eigenvalue weighted by Gasteiger charge is 2.03. The number of aromatic amines is 1. The molecule has 0 bridgehead atoms. The van der Waals surface area contributed by atoms with E-state index >= 15 is 0 Å². The highest BCUT2D eigenvalue weighted by atomic mass is 32.2. The first-order valence-corrected chi connectivity index (χ1v) is 6.17. The van der Waals surface area contributed by atoms with Crippen LogP contribution in [0.25, 0.3) is 0 Å². The Morgan fingerprint density at radius 1 is 1.41 bits per heavy atom. The molecule has 0 unspecified atom stereocenters. The zero-order valence-corrected chi connectivity index (χ0v) is 10.3. The summed E-state index contributed by atoms with van der Waals surface area (Å²) >= 11 is 1.49. The van der Waals surface area contributed by atoms with Crippen molar-refractivity contribution in [3.8, 4) is 0 Å². The van der Waals surface area contributed by atoms with Gasteiger partial charge in [0.2, 0.25) is 0 Å². The van der Waals surface area contributed by atoms with E-state index in [0.29, 0.717) is 5.16 Å². The molecular weight excluding hydrogens is 234 g/mol. The van der Waals surface area contributed by atoms with Crippen molar-refractivity contribution >= 4 is 17.4 Å². The lowest BCUT2D eigenvalue weighted by atomic mass is 10.1. The van der Waals surface area contributed by atoms with Crippen molar-refractivity contribution in [2.45, 2.75) is 17.8 Å². The molecule has 0 fully saturated rings. The van der Waals surface area contributed by atoms with E-state index in [-0.39, 0.29) is 5.56 Å². The summed E-state index contributed by atoms with van der Waals surface area (Å²) in [5.41, 5.74) is 8.72. The number of rotatable bonds is 3. The summed E-state index contributed by atoms with van der Waals surface area (Å²) in [6, 6.07) is 7.24. The molecular formula is C12H13N3OS. The topological polar surface area (TPSA) is 71.8 Å². The van der Waals surface area contributed by atoms with E-state index in [1.165, 1.54) is 24.0 Å². The van der Waals surface area contributed by atoms with Crippen LogP contribution in [-0.4, -0.2) is 9.97 Å². The molecule has 5 heteroatoms. The van der Waals surface area contributed by atoms with Gasteiger partial charge in [0.1, 0.15) is 0 Å². The summed E-state index contributed by atoms with van der Waals surface area (Å²) in [4.78, 5) is 17.9. The molecule has 1 aromatic heterocycles. The van der Waals surface area contributed by atoms with Crippen LogP contribution in [0.2, 0.25) is 0 Å². The minimum atomic E-state index is -0.133. The van der Waals surface area contributed by atoms with Gasteiger partial charge in [-0.2, -0.15) is 0 Å². The minimum Gasteiger partial charge on any atom is -0.399 e. The number of anilines is 1. The summed E-state index contributed by atoms with van der Waals surface area (Å²) in [6.07, 6.45) is 1.51. The Bertz CT molecular complexity index is 580. The number of hydrogen-bond donors (Lipinski definition) is 2. The van der Waals surface area contributed by atoms with E-state index in [0.717, 1.165) is 22.6 Å². The van der Waals surface area contributed by atoms with E-state index in [2.05, 4.69) is 9.97 Å². The largest absolute Gasteiger partial charge is 0.399 e. The summed E-state index contributed by atoms with van der Waals surface area (Å²) in [7, 11) is 0. The van der Waals surface area contributed by atoms with Gasteiger partial charge in [0.15, 0.2) is 5.16 Å². The van der Waals surface area contributed by atoms with Crippen LogP contribution < -0.4 is 11.3 Å². The number of nitrogens with zero attached hydrogens (tertiary/aromatic N) is 1. The summed E-state index contributed by atoms with van der Waals surface area (Å²) in [5.74, 6) is 0.740. The Balaban J connectivity index is 2.13. The normalized spacial score (nSPS) is 10.4. The average molecular weight is 247 g/mol. The molecule has 17 heavy (non-hydrogen) atoms. The van der Waals surface area contributed by atoms with Crippen LogP contribution in [0.4, 0.5) is 5.69 Å². The molecule has 0 aliphatic rings. The van der Waals surface area contributed by atoms with Crippen LogP contribution >= 0.6 is 11.8 Å². The molecule has 88 valence electrons. The van der Waals surface area contributed by atoms with Crippen LogP contribution in [0.1, 0.15) is 11.1 Å². The van der Waals surface area contributed by atoms with Crippen LogP contribution in [0.5, 0.6) is 0 Å². The fourth-order valence-corrected chi connectivity index (χ4v) is 2.34. The van der Waals surface area contributed by atoms with E-state index < -0.39 is 0 Å². The van der Waals surface area contributed by atoms with E-state index in [4.69, 9.17) is 5.73 Å². The highest BCUT2D eigenvalue weighted by Crippen LogP contribution is 2.23. The molecule has 1 aromatic carbocycles. The van der Waals surface area contributed by atoms with Gasteiger partial charge in [0, 0.05) is 23.7 Å². The number of H-pyrrole nitrogens is 1. The lowest BCUT2D eigenvalue weighted by molar-refractivity contribution is 0.936. The lowest BCUT2D eigenvalue weighted by Gasteiger charge is -2.07. The lowest BCUT2D eigenvalue weighted by Crippen LogP contribution is -2.05. The van der Waals surface area contributed by atoms with Gasteiger partial charge in [-0.25, -0.2) is 4.98 Å². The molecule has 0 aliphatic carbocycles. The van der Waals surface area contributed by atoms with Crippen molar-refractivity contribution in [1.82, 2.24) is 9.97 Å². The van der Waals surface area contributed by atoms with Gasteiger partial charge >= 0.3 is 0 Å². The van der Waals surface area contributed by atoms with Crippen molar-refractivity contribution in [3.63, 3.8) is 0 Å². The van der Waals surface area contributed by atoms with Crippen molar-refractivity contribution in [2.75, 3.05) is 5.73 Å². The molecule has 4 nitrogen and oxygen atoms in total. The van der Waals surface area contributed by atoms with Gasteiger partial charge in [-0.3, -0.25) is 4.79 Å². The molecule has 0 saturated heterocycles. The third-order valence-electron chi connectivity index (χ3n) is 2.50. The minimum absolute atomic E-state index is 0.133. The van der Waals surface area contributed by atoms with Gasteiger partial charge in [0.05, 0.1) is 0 Å². The molecule has 0 spiro atoms. The number of nitrogens with two attached hydrogens (primary N) is 1. The molecule has 2 rings (SSSR count). The van der Waals surface area contributed by atoms with Crippen LogP contribution in [0.15, 0.2) is 40.4 Å². The zero-order chi connectivity index (χ0) is 12.3. The molecule has 2 aromatic rings. The number of hydrogen-bond acceptors (Lipinski definition) is 4. The smallest absolute Gasteiger partial charge is 0.251 e. The van der Waals surface area contributed by atoms with E-state index in [1.54, 1.807) is 0 Å². The summed E-state index contributed by atoms with van der Waals surface area (Å²) in [6.45, 7) is 1.99. The van der Waals surface area contributed by atoms with Gasteiger partial charge in [0.25, 0.3) is 5.56 Å². The Morgan fingerprint density at radius 3 is 3.00 bits per heavy atom. The molecule has 0 atom stereocenters. The number of aromatic nitrogens is 2. The monoisotopic (exact) mass is 247 g/mol. The average Bonchev–Trinajstić information content (AvgIpc) is 2.31. The second-order valence-electron chi connectivity index (χ2n) is 3.66. The summed E-state index contributed by atoms with van der Waals surface area (Å²) in [5, 5.41) is 0.624. The predicted octanol–water partition coefficient (Wildman–Crippen LogP) is 1.95. The first kappa shape index (κ1) is 11.7. The number of benzene rings is 1.